The molecular weight excluding hydrogens is 316 g/mol. The normalized spacial score (nSPS) is 11.0. The summed E-state index contributed by atoms with van der Waals surface area (Å²) in [6, 6.07) is 13.4. The lowest BCUT2D eigenvalue weighted by atomic mass is 9.98. The lowest BCUT2D eigenvalue weighted by Crippen LogP contribution is -2.09. The second kappa shape index (κ2) is 8.92. The number of benzene rings is 2. The van der Waals surface area contributed by atoms with Crippen LogP contribution in [0, 0.1) is 6.92 Å². The number of carboxylic acids is 1. The number of rotatable bonds is 8. The lowest BCUT2D eigenvalue weighted by Gasteiger charge is -2.13. The first-order valence-corrected chi connectivity index (χ1v) is 8.33. The smallest absolute Gasteiger partial charge is 0.328 e. The zero-order chi connectivity index (χ0) is 18.2. The van der Waals surface area contributed by atoms with Gasteiger partial charge in [0.05, 0.1) is 0 Å². The molecule has 0 radical (unpaired) electrons. The second-order valence-corrected chi connectivity index (χ2v) is 6.11. The summed E-state index contributed by atoms with van der Waals surface area (Å²) in [5, 5.41) is 8.66. The van der Waals surface area contributed by atoms with Gasteiger partial charge in [0.2, 0.25) is 0 Å². The van der Waals surface area contributed by atoms with Gasteiger partial charge in [0, 0.05) is 6.08 Å². The van der Waals surface area contributed by atoms with Gasteiger partial charge in [-0.2, -0.15) is 0 Å². The molecule has 0 saturated heterocycles. The molecule has 0 aliphatic carbocycles. The van der Waals surface area contributed by atoms with E-state index in [2.05, 4.69) is 26.8 Å². The number of carboxylic acid groups (broad SMARTS) is 1. The van der Waals surface area contributed by atoms with Gasteiger partial charge < -0.3 is 14.6 Å². The number of aryl methyl sites for hydroxylation is 1. The minimum absolute atomic E-state index is 0.414. The van der Waals surface area contributed by atoms with Gasteiger partial charge in [-0.3, -0.25) is 0 Å². The van der Waals surface area contributed by atoms with E-state index in [-0.39, 0.29) is 0 Å². The van der Waals surface area contributed by atoms with Crippen molar-refractivity contribution >= 4 is 12.0 Å². The van der Waals surface area contributed by atoms with Crippen molar-refractivity contribution in [3.63, 3.8) is 0 Å². The highest BCUT2D eigenvalue weighted by Gasteiger charge is 2.04. The van der Waals surface area contributed by atoms with Crippen LogP contribution < -0.4 is 9.47 Å². The molecular formula is C21H24O4. The number of hydrogen-bond donors (Lipinski definition) is 1. The van der Waals surface area contributed by atoms with E-state index in [4.69, 9.17) is 14.6 Å². The van der Waals surface area contributed by atoms with Crippen LogP contribution in [0.3, 0.4) is 0 Å². The van der Waals surface area contributed by atoms with Crippen LogP contribution >= 0.6 is 0 Å². The van der Waals surface area contributed by atoms with Crippen molar-refractivity contribution in [3.8, 4) is 11.5 Å². The first kappa shape index (κ1) is 18.6. The van der Waals surface area contributed by atoms with Crippen LogP contribution in [-0.2, 0) is 4.79 Å². The van der Waals surface area contributed by atoms with Crippen molar-refractivity contribution in [2.75, 3.05) is 13.2 Å². The molecule has 0 aromatic heterocycles. The predicted octanol–water partition coefficient (Wildman–Crippen LogP) is 4.67. The van der Waals surface area contributed by atoms with Crippen LogP contribution in [0.2, 0.25) is 0 Å². The maximum atomic E-state index is 10.6. The van der Waals surface area contributed by atoms with Crippen molar-refractivity contribution in [2.24, 2.45) is 0 Å². The quantitative estimate of drug-likeness (QED) is 0.560. The Morgan fingerprint density at radius 1 is 1.08 bits per heavy atom. The molecule has 2 aromatic carbocycles. The van der Waals surface area contributed by atoms with Gasteiger partial charge in [-0.1, -0.05) is 32.0 Å². The summed E-state index contributed by atoms with van der Waals surface area (Å²) in [6.45, 7) is 7.30. The molecule has 2 rings (SSSR count). The Morgan fingerprint density at radius 2 is 1.76 bits per heavy atom. The Morgan fingerprint density at radius 3 is 2.36 bits per heavy atom. The summed E-state index contributed by atoms with van der Waals surface area (Å²) in [5.41, 5.74) is 3.34. The number of hydrogen-bond acceptors (Lipinski definition) is 3. The van der Waals surface area contributed by atoms with Crippen molar-refractivity contribution in [1.29, 1.82) is 0 Å². The van der Waals surface area contributed by atoms with Crippen molar-refractivity contribution in [3.05, 3.63) is 65.2 Å². The van der Waals surface area contributed by atoms with Gasteiger partial charge in [0.15, 0.2) is 0 Å². The monoisotopic (exact) mass is 340 g/mol. The van der Waals surface area contributed by atoms with E-state index >= 15 is 0 Å². The predicted molar refractivity (Wildman–Crippen MR) is 99.4 cm³/mol. The molecule has 4 nitrogen and oxygen atoms in total. The number of ether oxygens (including phenoxy) is 2. The topological polar surface area (TPSA) is 55.8 Å². The minimum Gasteiger partial charge on any atom is -0.490 e. The van der Waals surface area contributed by atoms with Crippen molar-refractivity contribution < 1.29 is 19.4 Å². The molecule has 0 unspecified atom stereocenters. The van der Waals surface area contributed by atoms with E-state index in [9.17, 15) is 4.79 Å². The van der Waals surface area contributed by atoms with Crippen molar-refractivity contribution in [1.82, 2.24) is 0 Å². The third kappa shape index (κ3) is 5.99. The zero-order valence-electron chi connectivity index (χ0n) is 14.9. The summed E-state index contributed by atoms with van der Waals surface area (Å²) < 4.78 is 11.4. The van der Waals surface area contributed by atoms with E-state index in [0.29, 0.717) is 24.9 Å². The Labute approximate surface area is 148 Å². The molecule has 4 heteroatoms. The molecule has 0 saturated carbocycles. The van der Waals surface area contributed by atoms with Gasteiger partial charge in [0.25, 0.3) is 0 Å². The molecule has 132 valence electrons. The van der Waals surface area contributed by atoms with E-state index < -0.39 is 5.97 Å². The van der Waals surface area contributed by atoms with Gasteiger partial charge in [-0.25, -0.2) is 4.79 Å². The first-order valence-electron chi connectivity index (χ1n) is 8.33. The third-order valence-corrected chi connectivity index (χ3v) is 3.76. The van der Waals surface area contributed by atoms with E-state index in [1.807, 2.05) is 30.3 Å². The lowest BCUT2D eigenvalue weighted by molar-refractivity contribution is -0.131. The zero-order valence-corrected chi connectivity index (χ0v) is 14.9. The molecule has 0 bridgehead atoms. The van der Waals surface area contributed by atoms with E-state index in [1.165, 1.54) is 17.2 Å². The fraction of sp³-hybridized carbons (Fsp3) is 0.286. The minimum atomic E-state index is -0.974. The fourth-order valence-electron chi connectivity index (χ4n) is 2.58. The summed E-state index contributed by atoms with van der Waals surface area (Å²) in [4.78, 5) is 10.6. The molecule has 0 amide bonds. The summed E-state index contributed by atoms with van der Waals surface area (Å²) >= 11 is 0. The van der Waals surface area contributed by atoms with Crippen LogP contribution in [0.5, 0.6) is 11.5 Å². The second-order valence-electron chi connectivity index (χ2n) is 6.11. The Kier molecular flexibility index (Phi) is 6.63. The van der Waals surface area contributed by atoms with Crippen LogP contribution in [0.15, 0.2) is 48.5 Å². The molecule has 0 atom stereocenters. The number of carbonyl (C=O) groups is 1. The maximum Gasteiger partial charge on any atom is 0.328 e. The van der Waals surface area contributed by atoms with Crippen LogP contribution in [0.25, 0.3) is 6.08 Å². The fourth-order valence-corrected chi connectivity index (χ4v) is 2.58. The standard InChI is InChI=1S/C21H24O4/c1-15(2)20-9-8-19(13-16(20)3)25-12-11-24-18-6-4-5-17(14-18)7-10-21(22)23/h4-10,13-15H,11-12H2,1-3H3,(H,22,23). The largest absolute Gasteiger partial charge is 0.490 e. The molecule has 0 spiro atoms. The molecule has 0 aliphatic rings. The average molecular weight is 340 g/mol. The molecule has 0 aliphatic heterocycles. The summed E-state index contributed by atoms with van der Waals surface area (Å²) in [6.07, 6.45) is 2.64. The summed E-state index contributed by atoms with van der Waals surface area (Å²) in [5.74, 6) is 1.05. The Hall–Kier alpha value is -2.75. The maximum absolute atomic E-state index is 10.6. The molecule has 0 heterocycles. The third-order valence-electron chi connectivity index (χ3n) is 3.76. The highest BCUT2D eigenvalue weighted by molar-refractivity contribution is 5.85. The highest BCUT2D eigenvalue weighted by atomic mass is 16.5. The molecule has 25 heavy (non-hydrogen) atoms. The first-order chi connectivity index (χ1) is 12.0. The average Bonchev–Trinajstić information content (AvgIpc) is 2.57. The highest BCUT2D eigenvalue weighted by Crippen LogP contribution is 2.23. The van der Waals surface area contributed by atoms with Gasteiger partial charge in [-0.15, -0.1) is 0 Å². The summed E-state index contributed by atoms with van der Waals surface area (Å²) in [7, 11) is 0. The molecule has 2 aromatic rings. The van der Waals surface area contributed by atoms with Crippen molar-refractivity contribution in [2.45, 2.75) is 26.7 Å². The Bertz CT molecular complexity index is 747. The van der Waals surface area contributed by atoms with Gasteiger partial charge >= 0.3 is 5.97 Å². The van der Waals surface area contributed by atoms with Gasteiger partial charge in [0.1, 0.15) is 24.7 Å². The van der Waals surface area contributed by atoms with E-state index in [0.717, 1.165) is 17.4 Å². The molecule has 1 N–H and O–H groups in total. The van der Waals surface area contributed by atoms with E-state index in [1.54, 1.807) is 6.07 Å². The number of aliphatic carboxylic acids is 1. The molecule has 0 fully saturated rings. The van der Waals surface area contributed by atoms with Gasteiger partial charge in [-0.05, 0) is 59.9 Å². The Balaban J connectivity index is 1.84. The van der Waals surface area contributed by atoms with Crippen LogP contribution in [-0.4, -0.2) is 24.3 Å². The van der Waals surface area contributed by atoms with Crippen LogP contribution in [0.4, 0.5) is 0 Å². The SMILES string of the molecule is Cc1cc(OCCOc2cccc(C=CC(=O)O)c2)ccc1C(C)C. The van der Waals surface area contributed by atoms with Crippen LogP contribution in [0.1, 0.15) is 36.5 Å².